The predicted molar refractivity (Wildman–Crippen MR) is 61.8 cm³/mol. The molecule has 0 saturated carbocycles. The lowest BCUT2D eigenvalue weighted by atomic mass is 10.2. The molecule has 0 spiro atoms. The maximum Gasteiger partial charge on any atom is 0.269 e. The van der Waals surface area contributed by atoms with Crippen LogP contribution in [-0.2, 0) is 4.79 Å². The van der Waals surface area contributed by atoms with Crippen molar-refractivity contribution >= 4 is 28.2 Å². The summed E-state index contributed by atoms with van der Waals surface area (Å²) in [5, 5.41) is 10.0. The summed E-state index contributed by atoms with van der Waals surface area (Å²) in [7, 11) is 1.79. The third kappa shape index (κ3) is 3.51. The second-order valence-corrected chi connectivity index (χ2v) is 3.72. The molecule has 1 aromatic carbocycles. The van der Waals surface area contributed by atoms with Crippen LogP contribution in [0, 0.1) is 10.1 Å². The monoisotopic (exact) mass is 242 g/mol. The van der Waals surface area contributed by atoms with E-state index in [0.29, 0.717) is 6.54 Å². The summed E-state index contributed by atoms with van der Waals surface area (Å²) in [6, 6.07) is 6.12. The van der Waals surface area contributed by atoms with Crippen molar-refractivity contribution in [2.75, 3.05) is 18.5 Å². The van der Waals surface area contributed by atoms with Crippen LogP contribution in [0.2, 0.25) is 0 Å². The Morgan fingerprint density at radius 1 is 1.44 bits per heavy atom. The quantitative estimate of drug-likeness (QED) is 0.451. The third-order valence-electron chi connectivity index (χ3n) is 2.15. The van der Waals surface area contributed by atoms with Crippen molar-refractivity contribution in [3.8, 4) is 0 Å². The minimum absolute atomic E-state index is 0.0468. The normalized spacial score (nSPS) is 9.88. The van der Waals surface area contributed by atoms with Crippen molar-refractivity contribution in [1.82, 2.24) is 0 Å². The molecule has 1 aromatic rings. The van der Waals surface area contributed by atoms with Gasteiger partial charge in [0.15, 0.2) is 0 Å². The maximum atomic E-state index is 10.6. The largest absolute Gasteiger partial charge is 0.374 e. The first-order valence-corrected chi connectivity index (χ1v) is 5.02. The first-order valence-electron chi connectivity index (χ1n) is 4.64. The molecule has 0 aliphatic carbocycles. The van der Waals surface area contributed by atoms with E-state index in [4.69, 9.17) is 11.6 Å². The zero-order valence-electron chi connectivity index (χ0n) is 8.72. The summed E-state index contributed by atoms with van der Waals surface area (Å²) in [5.74, 6) is 0. The molecule has 1 rings (SSSR count). The molecular formula is C10H11ClN2O3. The number of non-ortho nitro benzene ring substituents is 1. The number of nitro benzene ring substituents is 1. The first-order chi connectivity index (χ1) is 7.50. The molecule has 86 valence electrons. The Morgan fingerprint density at radius 3 is 2.44 bits per heavy atom. The fourth-order valence-electron chi connectivity index (χ4n) is 1.21. The van der Waals surface area contributed by atoms with Crippen LogP contribution in [0.25, 0.3) is 0 Å². The second-order valence-electron chi connectivity index (χ2n) is 3.30. The van der Waals surface area contributed by atoms with Crippen LogP contribution < -0.4 is 4.90 Å². The highest BCUT2D eigenvalue weighted by Crippen LogP contribution is 2.18. The van der Waals surface area contributed by atoms with Crippen LogP contribution in [0.5, 0.6) is 0 Å². The maximum absolute atomic E-state index is 10.6. The fourth-order valence-corrected chi connectivity index (χ4v) is 1.30. The zero-order chi connectivity index (χ0) is 12.1. The number of carbonyl (C=O) groups is 1. The van der Waals surface area contributed by atoms with Gasteiger partial charge in [-0.2, -0.15) is 0 Å². The summed E-state index contributed by atoms with van der Waals surface area (Å²) < 4.78 is 0. The molecule has 16 heavy (non-hydrogen) atoms. The van der Waals surface area contributed by atoms with Crippen LogP contribution >= 0.6 is 11.6 Å². The molecule has 0 aliphatic rings. The number of halogens is 1. The Kier molecular flexibility index (Phi) is 4.25. The van der Waals surface area contributed by atoms with Crippen LogP contribution in [0.4, 0.5) is 11.4 Å². The van der Waals surface area contributed by atoms with Gasteiger partial charge in [-0.3, -0.25) is 14.9 Å². The molecule has 0 fully saturated rings. The van der Waals surface area contributed by atoms with E-state index in [2.05, 4.69) is 0 Å². The highest BCUT2D eigenvalue weighted by atomic mass is 35.5. The summed E-state index contributed by atoms with van der Waals surface area (Å²) >= 11 is 5.22. The fraction of sp³-hybridized carbons (Fsp3) is 0.300. The summed E-state index contributed by atoms with van der Waals surface area (Å²) in [6.07, 6.45) is 0.245. The average molecular weight is 243 g/mol. The van der Waals surface area contributed by atoms with Crippen molar-refractivity contribution < 1.29 is 9.72 Å². The first kappa shape index (κ1) is 12.4. The molecule has 0 bridgehead atoms. The van der Waals surface area contributed by atoms with E-state index in [1.54, 1.807) is 19.2 Å². The van der Waals surface area contributed by atoms with Gasteiger partial charge >= 0.3 is 0 Å². The van der Waals surface area contributed by atoms with E-state index in [0.717, 1.165) is 5.69 Å². The Morgan fingerprint density at radius 2 is 2.00 bits per heavy atom. The van der Waals surface area contributed by atoms with Gasteiger partial charge < -0.3 is 4.90 Å². The Labute approximate surface area is 97.8 Å². The zero-order valence-corrected chi connectivity index (χ0v) is 9.48. The Bertz CT molecular complexity index is 392. The molecule has 0 radical (unpaired) electrons. The molecule has 6 heteroatoms. The van der Waals surface area contributed by atoms with Gasteiger partial charge in [-0.15, -0.1) is 0 Å². The highest BCUT2D eigenvalue weighted by Gasteiger charge is 2.07. The second kappa shape index (κ2) is 5.46. The number of benzene rings is 1. The van der Waals surface area contributed by atoms with Crippen LogP contribution in [0.1, 0.15) is 6.42 Å². The number of hydrogen-bond acceptors (Lipinski definition) is 4. The molecule has 0 aromatic heterocycles. The van der Waals surface area contributed by atoms with E-state index in [1.807, 2.05) is 4.90 Å². The van der Waals surface area contributed by atoms with Crippen molar-refractivity contribution in [3.63, 3.8) is 0 Å². The lowest BCUT2D eigenvalue weighted by Crippen LogP contribution is -2.19. The molecule has 0 amide bonds. The number of rotatable bonds is 5. The molecule has 0 saturated heterocycles. The molecule has 5 nitrogen and oxygen atoms in total. The summed E-state index contributed by atoms with van der Waals surface area (Å²) in [6.45, 7) is 0.486. The van der Waals surface area contributed by atoms with E-state index in [-0.39, 0.29) is 12.1 Å². The third-order valence-corrected chi connectivity index (χ3v) is 2.33. The van der Waals surface area contributed by atoms with Crippen LogP contribution in [-0.4, -0.2) is 23.8 Å². The van der Waals surface area contributed by atoms with E-state index in [9.17, 15) is 14.9 Å². The summed E-state index contributed by atoms with van der Waals surface area (Å²) in [5.41, 5.74) is 0.856. The smallest absolute Gasteiger partial charge is 0.269 e. The topological polar surface area (TPSA) is 63.5 Å². The van der Waals surface area contributed by atoms with Gasteiger partial charge in [0.2, 0.25) is 5.24 Å². The van der Waals surface area contributed by atoms with Crippen LogP contribution in [0.3, 0.4) is 0 Å². The number of carbonyl (C=O) groups excluding carboxylic acids is 1. The van der Waals surface area contributed by atoms with Crippen molar-refractivity contribution in [2.45, 2.75) is 6.42 Å². The van der Waals surface area contributed by atoms with Gasteiger partial charge in [0, 0.05) is 37.8 Å². The molecular weight excluding hydrogens is 232 g/mol. The standard InChI is InChI=1S/C10H11ClN2O3/c1-12(7-6-10(11)14)8-2-4-9(5-3-8)13(15)16/h2-5H,6-7H2,1H3. The van der Waals surface area contributed by atoms with Gasteiger partial charge in [0.1, 0.15) is 0 Å². The number of anilines is 1. The highest BCUT2D eigenvalue weighted by molar-refractivity contribution is 6.63. The van der Waals surface area contributed by atoms with Crippen molar-refractivity contribution in [2.24, 2.45) is 0 Å². The van der Waals surface area contributed by atoms with E-state index in [1.165, 1.54) is 12.1 Å². The van der Waals surface area contributed by atoms with Crippen molar-refractivity contribution in [3.05, 3.63) is 34.4 Å². The Balaban J connectivity index is 2.66. The van der Waals surface area contributed by atoms with Gasteiger partial charge in [-0.1, -0.05) is 0 Å². The van der Waals surface area contributed by atoms with Gasteiger partial charge in [-0.05, 0) is 23.7 Å². The van der Waals surface area contributed by atoms with Crippen molar-refractivity contribution in [1.29, 1.82) is 0 Å². The molecule has 0 atom stereocenters. The molecule has 0 aliphatic heterocycles. The number of hydrogen-bond donors (Lipinski definition) is 0. The molecule has 0 heterocycles. The SMILES string of the molecule is CN(CCC(=O)Cl)c1ccc([N+](=O)[O-])cc1. The summed E-state index contributed by atoms with van der Waals surface area (Å²) in [4.78, 5) is 22.4. The van der Waals surface area contributed by atoms with E-state index < -0.39 is 10.2 Å². The number of nitrogens with zero attached hydrogens (tertiary/aromatic N) is 2. The lowest BCUT2D eigenvalue weighted by Gasteiger charge is -2.17. The average Bonchev–Trinajstić information content (AvgIpc) is 2.26. The van der Waals surface area contributed by atoms with Gasteiger partial charge in [-0.25, -0.2) is 0 Å². The molecule has 0 unspecified atom stereocenters. The minimum Gasteiger partial charge on any atom is -0.374 e. The number of nitro groups is 1. The van der Waals surface area contributed by atoms with Gasteiger partial charge in [0.05, 0.1) is 4.92 Å². The minimum atomic E-state index is -0.452. The lowest BCUT2D eigenvalue weighted by molar-refractivity contribution is -0.384. The predicted octanol–water partition coefficient (Wildman–Crippen LogP) is 2.19. The van der Waals surface area contributed by atoms with Gasteiger partial charge in [0.25, 0.3) is 5.69 Å². The van der Waals surface area contributed by atoms with E-state index >= 15 is 0 Å². The molecule has 0 N–H and O–H groups in total. The van der Waals surface area contributed by atoms with Crippen LogP contribution in [0.15, 0.2) is 24.3 Å². The Hall–Kier alpha value is -1.62.